The van der Waals surface area contributed by atoms with Crippen molar-refractivity contribution in [2.24, 2.45) is 0 Å². The van der Waals surface area contributed by atoms with Crippen LogP contribution < -0.4 is 5.32 Å². The normalized spacial score (nSPS) is 20.6. The second-order valence-electron chi connectivity index (χ2n) is 4.95. The Morgan fingerprint density at radius 1 is 1.37 bits per heavy atom. The van der Waals surface area contributed by atoms with Gasteiger partial charge in [0.15, 0.2) is 5.82 Å². The van der Waals surface area contributed by atoms with Crippen molar-refractivity contribution in [3.8, 4) is 0 Å². The summed E-state index contributed by atoms with van der Waals surface area (Å²) in [6.45, 7) is 3.20. The number of benzene rings is 1. The molecule has 1 aliphatic rings. The van der Waals surface area contributed by atoms with Gasteiger partial charge < -0.3 is 5.32 Å². The van der Waals surface area contributed by atoms with Crippen molar-refractivity contribution in [3.05, 3.63) is 41.7 Å². The Hall–Kier alpha value is -1.75. The van der Waals surface area contributed by atoms with Gasteiger partial charge in [0.05, 0.1) is 12.1 Å². The molecule has 2 heterocycles. The predicted molar refractivity (Wildman–Crippen MR) is 72.7 cm³/mol. The molecule has 100 valence electrons. The van der Waals surface area contributed by atoms with E-state index in [4.69, 9.17) is 0 Å². The smallest absolute Gasteiger partial charge is 0.191 e. The van der Waals surface area contributed by atoms with Crippen LogP contribution in [0.1, 0.15) is 49.7 Å². The lowest BCUT2D eigenvalue weighted by Gasteiger charge is -2.13. The second kappa shape index (κ2) is 5.48. The van der Waals surface area contributed by atoms with Crippen molar-refractivity contribution in [2.45, 2.75) is 38.3 Å². The summed E-state index contributed by atoms with van der Waals surface area (Å²) in [5, 5.41) is 16.4. The summed E-state index contributed by atoms with van der Waals surface area (Å²) in [7, 11) is 0. The molecular formula is C14H19N5. The highest BCUT2D eigenvalue weighted by Crippen LogP contribution is 2.22. The highest BCUT2D eigenvalue weighted by atomic mass is 15.6. The molecule has 0 amide bonds. The van der Waals surface area contributed by atoms with Crippen LogP contribution in [0.5, 0.6) is 0 Å². The topological polar surface area (TPSA) is 55.6 Å². The van der Waals surface area contributed by atoms with E-state index < -0.39 is 0 Å². The van der Waals surface area contributed by atoms with Crippen LogP contribution in [0.2, 0.25) is 0 Å². The summed E-state index contributed by atoms with van der Waals surface area (Å²) in [4.78, 5) is 1.75. The van der Waals surface area contributed by atoms with Crippen LogP contribution >= 0.6 is 0 Å². The summed E-state index contributed by atoms with van der Waals surface area (Å²) in [5.74, 6) is 0.826. The zero-order chi connectivity index (χ0) is 13.1. The first-order valence-electron chi connectivity index (χ1n) is 6.96. The van der Waals surface area contributed by atoms with Gasteiger partial charge in [-0.25, -0.2) is 0 Å². The van der Waals surface area contributed by atoms with E-state index in [1.54, 1.807) is 4.80 Å². The van der Waals surface area contributed by atoms with Crippen LogP contribution in [0.3, 0.4) is 0 Å². The number of hydrogen-bond donors (Lipinski definition) is 1. The van der Waals surface area contributed by atoms with E-state index in [1.165, 1.54) is 12.0 Å². The number of rotatable bonds is 4. The van der Waals surface area contributed by atoms with E-state index in [9.17, 15) is 0 Å². The van der Waals surface area contributed by atoms with Crippen LogP contribution in [0.25, 0.3) is 0 Å². The third-order valence-corrected chi connectivity index (χ3v) is 3.67. The maximum Gasteiger partial charge on any atom is 0.191 e. The zero-order valence-corrected chi connectivity index (χ0v) is 11.2. The van der Waals surface area contributed by atoms with Gasteiger partial charge in [0.2, 0.25) is 0 Å². The van der Waals surface area contributed by atoms with Gasteiger partial charge in [-0.15, -0.1) is 10.2 Å². The molecule has 1 aromatic heterocycles. The molecule has 19 heavy (non-hydrogen) atoms. The Bertz CT molecular complexity index is 516. The molecule has 0 bridgehead atoms. The molecule has 5 heteroatoms. The van der Waals surface area contributed by atoms with Crippen molar-refractivity contribution in [1.29, 1.82) is 0 Å². The van der Waals surface area contributed by atoms with E-state index >= 15 is 0 Å². The van der Waals surface area contributed by atoms with Crippen molar-refractivity contribution in [2.75, 3.05) is 6.54 Å². The molecule has 3 rings (SSSR count). The first kappa shape index (κ1) is 12.3. The third-order valence-electron chi connectivity index (χ3n) is 3.67. The molecule has 2 unspecified atom stereocenters. The van der Waals surface area contributed by atoms with Crippen LogP contribution in [-0.2, 0) is 0 Å². The van der Waals surface area contributed by atoms with E-state index in [0.717, 1.165) is 25.2 Å². The van der Waals surface area contributed by atoms with E-state index in [0.29, 0.717) is 0 Å². The fraction of sp³-hybridized carbons (Fsp3) is 0.500. The summed E-state index contributed by atoms with van der Waals surface area (Å²) in [6.07, 6.45) is 3.25. The molecule has 0 spiro atoms. The Kier molecular flexibility index (Phi) is 3.55. The Morgan fingerprint density at radius 3 is 2.89 bits per heavy atom. The average molecular weight is 257 g/mol. The van der Waals surface area contributed by atoms with Gasteiger partial charge in [0, 0.05) is 0 Å². The predicted octanol–water partition coefficient (Wildman–Crippen LogP) is 2.10. The van der Waals surface area contributed by atoms with Crippen molar-refractivity contribution in [3.63, 3.8) is 0 Å². The second-order valence-corrected chi connectivity index (χ2v) is 4.95. The first-order valence-corrected chi connectivity index (χ1v) is 6.96. The Morgan fingerprint density at radius 2 is 2.21 bits per heavy atom. The molecule has 0 radical (unpaired) electrons. The van der Waals surface area contributed by atoms with Gasteiger partial charge in [-0.1, -0.05) is 37.3 Å². The molecule has 5 nitrogen and oxygen atoms in total. The highest BCUT2D eigenvalue weighted by molar-refractivity contribution is 5.18. The maximum atomic E-state index is 4.57. The summed E-state index contributed by atoms with van der Waals surface area (Å²) >= 11 is 0. The SMILES string of the molecule is CCC(c1ccccc1)n1nnc(C2CCCN2)n1. The quantitative estimate of drug-likeness (QED) is 0.911. The third kappa shape index (κ3) is 2.51. The lowest BCUT2D eigenvalue weighted by Crippen LogP contribution is -2.16. The monoisotopic (exact) mass is 257 g/mol. The standard InChI is InChI=1S/C14H19N5/c1-2-13(11-7-4-3-5-8-11)19-17-14(16-18-19)12-9-6-10-15-12/h3-5,7-8,12-13,15H,2,6,9-10H2,1H3. The first-order chi connectivity index (χ1) is 9.38. The number of nitrogens with one attached hydrogen (secondary N) is 1. The molecule has 1 aromatic carbocycles. The summed E-state index contributed by atoms with van der Waals surface area (Å²) in [5.41, 5.74) is 1.23. The van der Waals surface area contributed by atoms with Crippen LogP contribution in [-0.4, -0.2) is 26.8 Å². The fourth-order valence-corrected chi connectivity index (χ4v) is 2.62. The molecule has 2 aromatic rings. The highest BCUT2D eigenvalue weighted by Gasteiger charge is 2.22. The van der Waals surface area contributed by atoms with E-state index in [2.05, 4.69) is 39.8 Å². The van der Waals surface area contributed by atoms with Crippen LogP contribution in [0, 0.1) is 0 Å². The molecule has 1 aliphatic heterocycles. The fourth-order valence-electron chi connectivity index (χ4n) is 2.62. The van der Waals surface area contributed by atoms with Crippen molar-refractivity contribution in [1.82, 2.24) is 25.5 Å². The molecule has 2 atom stereocenters. The van der Waals surface area contributed by atoms with Gasteiger partial charge in [-0.2, -0.15) is 4.80 Å². The number of aromatic nitrogens is 4. The summed E-state index contributed by atoms with van der Waals surface area (Å²) < 4.78 is 0. The maximum absolute atomic E-state index is 4.57. The largest absolute Gasteiger partial charge is 0.307 e. The van der Waals surface area contributed by atoms with Gasteiger partial charge in [0.1, 0.15) is 0 Å². The lowest BCUT2D eigenvalue weighted by atomic mass is 10.1. The Labute approximate surface area is 113 Å². The zero-order valence-electron chi connectivity index (χ0n) is 11.2. The van der Waals surface area contributed by atoms with Crippen LogP contribution in [0.4, 0.5) is 0 Å². The number of hydrogen-bond acceptors (Lipinski definition) is 4. The molecular weight excluding hydrogens is 238 g/mol. The molecule has 1 saturated heterocycles. The minimum atomic E-state index is 0.170. The number of nitrogens with zero attached hydrogens (tertiary/aromatic N) is 4. The van der Waals surface area contributed by atoms with Crippen LogP contribution in [0.15, 0.2) is 30.3 Å². The van der Waals surface area contributed by atoms with Gasteiger partial charge in [0.25, 0.3) is 0 Å². The van der Waals surface area contributed by atoms with Gasteiger partial charge in [-0.05, 0) is 36.6 Å². The van der Waals surface area contributed by atoms with Crippen molar-refractivity contribution < 1.29 is 0 Å². The average Bonchev–Trinajstić information content (AvgIpc) is 3.11. The minimum Gasteiger partial charge on any atom is -0.307 e. The minimum absolute atomic E-state index is 0.170. The number of tetrazole rings is 1. The van der Waals surface area contributed by atoms with E-state index in [1.807, 2.05) is 18.2 Å². The van der Waals surface area contributed by atoms with Gasteiger partial charge >= 0.3 is 0 Å². The Balaban J connectivity index is 1.84. The molecule has 0 saturated carbocycles. The summed E-state index contributed by atoms with van der Waals surface area (Å²) in [6, 6.07) is 10.8. The molecule has 1 fully saturated rings. The molecule has 1 N–H and O–H groups in total. The lowest BCUT2D eigenvalue weighted by molar-refractivity contribution is 0.436. The molecule has 0 aliphatic carbocycles. The van der Waals surface area contributed by atoms with E-state index in [-0.39, 0.29) is 12.1 Å². The van der Waals surface area contributed by atoms with Crippen molar-refractivity contribution >= 4 is 0 Å². The van der Waals surface area contributed by atoms with Gasteiger partial charge in [-0.3, -0.25) is 0 Å².